The summed E-state index contributed by atoms with van der Waals surface area (Å²) >= 11 is 0. The second kappa shape index (κ2) is 6.31. The second-order valence-corrected chi connectivity index (χ2v) is 5.30. The van der Waals surface area contributed by atoms with E-state index in [9.17, 15) is 4.79 Å². The van der Waals surface area contributed by atoms with Gasteiger partial charge in [0.15, 0.2) is 0 Å². The summed E-state index contributed by atoms with van der Waals surface area (Å²) in [6.45, 7) is 1.99. The van der Waals surface area contributed by atoms with Gasteiger partial charge in [-0.05, 0) is 48.4 Å². The van der Waals surface area contributed by atoms with Gasteiger partial charge >= 0.3 is 0 Å². The Bertz CT molecular complexity index is 758. The molecule has 0 bridgehead atoms. The van der Waals surface area contributed by atoms with Gasteiger partial charge in [0.2, 0.25) is 5.91 Å². The van der Waals surface area contributed by atoms with Gasteiger partial charge in [0.1, 0.15) is 0 Å². The molecule has 1 heterocycles. The second-order valence-electron chi connectivity index (χ2n) is 5.30. The van der Waals surface area contributed by atoms with E-state index in [1.54, 1.807) is 0 Å². The molecule has 0 aliphatic rings. The SMILES string of the molecule is Cc1ccccc1NC(=O)Cc1ccc(-n2cccc2)cc1. The van der Waals surface area contributed by atoms with Crippen molar-refractivity contribution in [2.75, 3.05) is 5.32 Å². The summed E-state index contributed by atoms with van der Waals surface area (Å²) in [5, 5.41) is 2.96. The molecule has 0 spiro atoms. The van der Waals surface area contributed by atoms with Crippen molar-refractivity contribution in [1.29, 1.82) is 0 Å². The Morgan fingerprint density at radius 3 is 2.32 bits per heavy atom. The number of amides is 1. The van der Waals surface area contributed by atoms with E-state index in [0.717, 1.165) is 22.5 Å². The van der Waals surface area contributed by atoms with E-state index in [0.29, 0.717) is 6.42 Å². The molecular weight excluding hydrogens is 272 g/mol. The van der Waals surface area contributed by atoms with Crippen LogP contribution in [-0.2, 0) is 11.2 Å². The average Bonchev–Trinajstić information content (AvgIpc) is 3.05. The van der Waals surface area contributed by atoms with Gasteiger partial charge in [-0.3, -0.25) is 4.79 Å². The zero-order chi connectivity index (χ0) is 15.4. The Balaban J connectivity index is 1.66. The molecule has 0 saturated carbocycles. The molecule has 22 heavy (non-hydrogen) atoms. The maximum absolute atomic E-state index is 12.1. The van der Waals surface area contributed by atoms with E-state index in [4.69, 9.17) is 0 Å². The van der Waals surface area contributed by atoms with Gasteiger partial charge in [-0.1, -0.05) is 30.3 Å². The summed E-state index contributed by atoms with van der Waals surface area (Å²) in [5.74, 6) is 0.00279. The number of carbonyl (C=O) groups is 1. The Kier molecular flexibility index (Phi) is 4.05. The lowest BCUT2D eigenvalue weighted by molar-refractivity contribution is -0.115. The van der Waals surface area contributed by atoms with Crippen LogP contribution in [-0.4, -0.2) is 10.5 Å². The van der Waals surface area contributed by atoms with E-state index in [1.165, 1.54) is 0 Å². The lowest BCUT2D eigenvalue weighted by Crippen LogP contribution is -2.15. The summed E-state index contributed by atoms with van der Waals surface area (Å²) in [6.07, 6.45) is 4.38. The molecule has 3 heteroatoms. The largest absolute Gasteiger partial charge is 0.326 e. The molecule has 0 atom stereocenters. The lowest BCUT2D eigenvalue weighted by atomic mass is 10.1. The van der Waals surface area contributed by atoms with Crippen molar-refractivity contribution in [3.8, 4) is 5.69 Å². The fraction of sp³-hybridized carbons (Fsp3) is 0.105. The zero-order valence-electron chi connectivity index (χ0n) is 12.5. The molecule has 1 N–H and O–H groups in total. The normalized spacial score (nSPS) is 10.4. The van der Waals surface area contributed by atoms with Gasteiger partial charge in [0, 0.05) is 23.8 Å². The third-order valence-corrected chi connectivity index (χ3v) is 3.62. The predicted octanol–water partition coefficient (Wildman–Crippen LogP) is 3.97. The molecule has 0 saturated heterocycles. The molecule has 2 aromatic carbocycles. The van der Waals surface area contributed by atoms with Crippen molar-refractivity contribution in [3.05, 3.63) is 84.2 Å². The molecule has 1 amide bonds. The van der Waals surface area contributed by atoms with Gasteiger partial charge < -0.3 is 9.88 Å². The minimum absolute atomic E-state index is 0.00279. The molecule has 1 aromatic heterocycles. The van der Waals surface area contributed by atoms with E-state index in [2.05, 4.69) is 5.32 Å². The number of anilines is 1. The first kappa shape index (κ1) is 14.1. The van der Waals surface area contributed by atoms with Crippen molar-refractivity contribution in [2.24, 2.45) is 0 Å². The maximum Gasteiger partial charge on any atom is 0.228 e. The molecule has 0 fully saturated rings. The highest BCUT2D eigenvalue weighted by atomic mass is 16.1. The van der Waals surface area contributed by atoms with Crippen LogP contribution in [0.2, 0.25) is 0 Å². The first-order valence-corrected chi connectivity index (χ1v) is 7.30. The van der Waals surface area contributed by atoms with Crippen LogP contribution in [0, 0.1) is 6.92 Å². The Morgan fingerprint density at radius 1 is 0.955 bits per heavy atom. The van der Waals surface area contributed by atoms with Gasteiger partial charge in [-0.25, -0.2) is 0 Å². The predicted molar refractivity (Wildman–Crippen MR) is 89.3 cm³/mol. The van der Waals surface area contributed by atoms with Crippen LogP contribution in [0.4, 0.5) is 5.69 Å². The minimum atomic E-state index is 0.00279. The highest BCUT2D eigenvalue weighted by Crippen LogP contribution is 2.15. The smallest absolute Gasteiger partial charge is 0.228 e. The van der Waals surface area contributed by atoms with Gasteiger partial charge in [-0.2, -0.15) is 0 Å². The van der Waals surface area contributed by atoms with Crippen LogP contribution in [0.5, 0.6) is 0 Å². The van der Waals surface area contributed by atoms with E-state index in [1.807, 2.05) is 84.5 Å². The van der Waals surface area contributed by atoms with E-state index < -0.39 is 0 Å². The highest BCUT2D eigenvalue weighted by Gasteiger charge is 2.06. The maximum atomic E-state index is 12.1. The minimum Gasteiger partial charge on any atom is -0.326 e. The van der Waals surface area contributed by atoms with Crippen LogP contribution in [0.1, 0.15) is 11.1 Å². The fourth-order valence-corrected chi connectivity index (χ4v) is 2.39. The Labute approximate surface area is 130 Å². The Morgan fingerprint density at radius 2 is 1.64 bits per heavy atom. The number of nitrogens with zero attached hydrogens (tertiary/aromatic N) is 1. The van der Waals surface area contributed by atoms with Crippen molar-refractivity contribution in [2.45, 2.75) is 13.3 Å². The topological polar surface area (TPSA) is 34.0 Å². The monoisotopic (exact) mass is 290 g/mol. The summed E-state index contributed by atoms with van der Waals surface area (Å²) in [4.78, 5) is 12.1. The Hall–Kier alpha value is -2.81. The summed E-state index contributed by atoms with van der Waals surface area (Å²) < 4.78 is 2.04. The highest BCUT2D eigenvalue weighted by molar-refractivity contribution is 5.92. The van der Waals surface area contributed by atoms with Gasteiger partial charge in [0.05, 0.1) is 6.42 Å². The molecule has 3 nitrogen and oxygen atoms in total. The standard InChI is InChI=1S/C19H18N2O/c1-15-6-2-3-7-18(15)20-19(22)14-16-8-10-17(11-9-16)21-12-4-5-13-21/h2-13H,14H2,1H3,(H,20,22). The number of benzene rings is 2. The fourth-order valence-electron chi connectivity index (χ4n) is 2.39. The van der Waals surface area contributed by atoms with Crippen molar-refractivity contribution in [1.82, 2.24) is 4.57 Å². The summed E-state index contributed by atoms with van der Waals surface area (Å²) in [5.41, 5.74) is 4.03. The number of aryl methyl sites for hydroxylation is 1. The molecule has 3 aromatic rings. The van der Waals surface area contributed by atoms with Gasteiger partial charge in [-0.15, -0.1) is 0 Å². The molecular formula is C19H18N2O. The molecule has 0 unspecified atom stereocenters. The third-order valence-electron chi connectivity index (χ3n) is 3.62. The first-order chi connectivity index (χ1) is 10.7. The molecule has 0 radical (unpaired) electrons. The van der Waals surface area contributed by atoms with Crippen molar-refractivity contribution < 1.29 is 4.79 Å². The van der Waals surface area contributed by atoms with E-state index in [-0.39, 0.29) is 5.91 Å². The van der Waals surface area contributed by atoms with Crippen molar-refractivity contribution in [3.63, 3.8) is 0 Å². The number of para-hydroxylation sites is 1. The number of aromatic nitrogens is 1. The van der Waals surface area contributed by atoms with E-state index >= 15 is 0 Å². The van der Waals surface area contributed by atoms with Crippen LogP contribution in [0.15, 0.2) is 73.1 Å². The quantitative estimate of drug-likeness (QED) is 0.775. The summed E-state index contributed by atoms with van der Waals surface area (Å²) in [6, 6.07) is 19.8. The van der Waals surface area contributed by atoms with Crippen LogP contribution in [0.3, 0.4) is 0 Å². The number of rotatable bonds is 4. The number of carbonyl (C=O) groups excluding carboxylic acids is 1. The van der Waals surface area contributed by atoms with Crippen LogP contribution < -0.4 is 5.32 Å². The average molecular weight is 290 g/mol. The summed E-state index contributed by atoms with van der Waals surface area (Å²) in [7, 11) is 0. The molecule has 110 valence electrons. The van der Waals surface area contributed by atoms with Gasteiger partial charge in [0.25, 0.3) is 0 Å². The third kappa shape index (κ3) is 3.26. The number of hydrogen-bond donors (Lipinski definition) is 1. The van der Waals surface area contributed by atoms with Crippen molar-refractivity contribution >= 4 is 11.6 Å². The van der Waals surface area contributed by atoms with Crippen LogP contribution >= 0.6 is 0 Å². The number of hydrogen-bond acceptors (Lipinski definition) is 1. The van der Waals surface area contributed by atoms with Crippen LogP contribution in [0.25, 0.3) is 5.69 Å². The lowest BCUT2D eigenvalue weighted by Gasteiger charge is -2.09. The number of nitrogens with one attached hydrogen (secondary N) is 1. The molecule has 0 aliphatic heterocycles. The molecule has 0 aliphatic carbocycles. The zero-order valence-corrected chi connectivity index (χ0v) is 12.5. The molecule has 3 rings (SSSR count). The first-order valence-electron chi connectivity index (χ1n) is 7.30.